The first-order chi connectivity index (χ1) is 14.3. The van der Waals surface area contributed by atoms with Crippen LogP contribution in [0.1, 0.15) is 68.9 Å². The highest BCUT2D eigenvalue weighted by atomic mass is 19.4. The molecule has 164 valence electrons. The molecule has 0 unspecified atom stereocenters. The quantitative estimate of drug-likeness (QED) is 0.403. The molecule has 30 heavy (non-hydrogen) atoms. The van der Waals surface area contributed by atoms with Gasteiger partial charge in [0.15, 0.2) is 0 Å². The van der Waals surface area contributed by atoms with Crippen molar-refractivity contribution in [3.8, 4) is 11.5 Å². The zero-order valence-electron chi connectivity index (χ0n) is 17.2. The minimum Gasteiger partial charge on any atom is -0.489 e. The Morgan fingerprint density at radius 2 is 1.73 bits per heavy atom. The van der Waals surface area contributed by atoms with Crippen LogP contribution in [0, 0.1) is 11.7 Å². The van der Waals surface area contributed by atoms with E-state index < -0.39 is 6.36 Å². The first-order valence-electron chi connectivity index (χ1n) is 10.6. The van der Waals surface area contributed by atoms with E-state index in [2.05, 4.69) is 11.7 Å². The van der Waals surface area contributed by atoms with Crippen LogP contribution in [0.3, 0.4) is 0 Å². The van der Waals surface area contributed by atoms with Crippen molar-refractivity contribution in [3.05, 3.63) is 59.4 Å². The number of rotatable bonds is 8. The lowest BCUT2D eigenvalue weighted by molar-refractivity contribution is -0.274. The number of halogens is 4. The summed E-state index contributed by atoms with van der Waals surface area (Å²) in [4.78, 5) is 0. The fourth-order valence-corrected chi connectivity index (χ4v) is 4.18. The van der Waals surface area contributed by atoms with Crippen molar-refractivity contribution in [2.45, 2.75) is 70.8 Å². The molecule has 0 aromatic heterocycles. The fraction of sp³-hybridized carbons (Fsp3) is 0.500. The number of unbranched alkanes of at least 4 members (excludes halogenated alkanes) is 1. The predicted molar refractivity (Wildman–Crippen MR) is 108 cm³/mol. The molecule has 1 saturated carbocycles. The molecule has 1 aliphatic rings. The van der Waals surface area contributed by atoms with E-state index in [0.29, 0.717) is 17.2 Å². The van der Waals surface area contributed by atoms with Crippen molar-refractivity contribution in [3.63, 3.8) is 0 Å². The predicted octanol–water partition coefficient (Wildman–Crippen LogP) is 7.77. The highest BCUT2D eigenvalue weighted by Gasteiger charge is 2.31. The van der Waals surface area contributed by atoms with Gasteiger partial charge in [0.2, 0.25) is 0 Å². The highest BCUT2D eigenvalue weighted by molar-refractivity contribution is 5.33. The summed E-state index contributed by atoms with van der Waals surface area (Å²) in [5.74, 6) is 0.828. The summed E-state index contributed by atoms with van der Waals surface area (Å²) in [6.07, 6.45) is 3.46. The van der Waals surface area contributed by atoms with E-state index in [0.717, 1.165) is 24.3 Å². The number of hydrogen-bond donors (Lipinski definition) is 0. The molecule has 0 radical (unpaired) electrons. The zero-order chi connectivity index (χ0) is 21.6. The Balaban J connectivity index is 1.60. The smallest absolute Gasteiger partial charge is 0.489 e. The average Bonchev–Trinajstić information content (AvgIpc) is 2.70. The molecule has 6 heteroatoms. The largest absolute Gasteiger partial charge is 0.573 e. The normalized spacial score (nSPS) is 19.5. The Hall–Kier alpha value is -2.24. The standard InChI is InChI=1S/C24H28F4O2/c1-2-3-5-17-8-10-19(11-9-17)20-13-21(25)15-23(14-20)29-16-18-6-4-7-22(12-18)30-24(26,27)28/h4,6-7,12-15,17,19H,2-3,5,8-11,16H2,1H3. The summed E-state index contributed by atoms with van der Waals surface area (Å²) in [6, 6.07) is 10.3. The third-order valence-corrected chi connectivity index (χ3v) is 5.72. The molecular formula is C24H28F4O2. The second-order valence-electron chi connectivity index (χ2n) is 8.06. The summed E-state index contributed by atoms with van der Waals surface area (Å²) >= 11 is 0. The summed E-state index contributed by atoms with van der Waals surface area (Å²) in [6.45, 7) is 2.24. The number of benzene rings is 2. The number of ether oxygens (including phenoxy) is 2. The molecule has 0 bridgehead atoms. The van der Waals surface area contributed by atoms with E-state index in [4.69, 9.17) is 4.74 Å². The van der Waals surface area contributed by atoms with Crippen LogP contribution in [-0.2, 0) is 6.61 Å². The lowest BCUT2D eigenvalue weighted by Gasteiger charge is -2.29. The van der Waals surface area contributed by atoms with Crippen LogP contribution in [0.5, 0.6) is 11.5 Å². The van der Waals surface area contributed by atoms with Crippen LogP contribution >= 0.6 is 0 Å². The van der Waals surface area contributed by atoms with Crippen LogP contribution in [0.2, 0.25) is 0 Å². The SMILES string of the molecule is CCCCC1CCC(c2cc(F)cc(OCc3cccc(OC(F)(F)F)c3)c2)CC1. The van der Waals surface area contributed by atoms with Gasteiger partial charge in [-0.3, -0.25) is 0 Å². The van der Waals surface area contributed by atoms with Crippen molar-refractivity contribution < 1.29 is 27.0 Å². The summed E-state index contributed by atoms with van der Waals surface area (Å²) in [5, 5.41) is 0. The minimum absolute atomic E-state index is 0.0295. The summed E-state index contributed by atoms with van der Waals surface area (Å²) < 4.78 is 60.9. The van der Waals surface area contributed by atoms with E-state index in [9.17, 15) is 17.6 Å². The monoisotopic (exact) mass is 424 g/mol. The van der Waals surface area contributed by atoms with E-state index in [-0.39, 0.29) is 18.2 Å². The minimum atomic E-state index is -4.74. The van der Waals surface area contributed by atoms with Crippen molar-refractivity contribution in [1.82, 2.24) is 0 Å². The Bertz CT molecular complexity index is 811. The molecule has 0 heterocycles. The Kier molecular flexibility index (Phi) is 7.62. The maximum Gasteiger partial charge on any atom is 0.573 e. The molecule has 1 fully saturated rings. The van der Waals surface area contributed by atoms with E-state index in [1.165, 1.54) is 56.4 Å². The number of hydrogen-bond acceptors (Lipinski definition) is 2. The maximum atomic E-state index is 14.2. The molecule has 3 rings (SSSR count). The van der Waals surface area contributed by atoms with Gasteiger partial charge in [0, 0.05) is 6.07 Å². The van der Waals surface area contributed by atoms with Crippen LogP contribution < -0.4 is 9.47 Å². The Labute approximate surface area is 175 Å². The van der Waals surface area contributed by atoms with E-state index in [1.54, 1.807) is 12.1 Å². The van der Waals surface area contributed by atoms with Crippen molar-refractivity contribution >= 4 is 0 Å². The molecule has 0 aliphatic heterocycles. The topological polar surface area (TPSA) is 18.5 Å². The van der Waals surface area contributed by atoms with Gasteiger partial charge in [0.1, 0.15) is 23.9 Å². The molecule has 2 nitrogen and oxygen atoms in total. The van der Waals surface area contributed by atoms with Gasteiger partial charge in [-0.15, -0.1) is 13.2 Å². The van der Waals surface area contributed by atoms with Gasteiger partial charge >= 0.3 is 6.36 Å². The second-order valence-corrected chi connectivity index (χ2v) is 8.06. The third kappa shape index (κ3) is 6.92. The fourth-order valence-electron chi connectivity index (χ4n) is 4.18. The number of alkyl halides is 3. The van der Waals surface area contributed by atoms with Crippen molar-refractivity contribution in [2.75, 3.05) is 0 Å². The lowest BCUT2D eigenvalue weighted by Crippen LogP contribution is -2.17. The first-order valence-corrected chi connectivity index (χ1v) is 10.6. The van der Waals surface area contributed by atoms with Crippen LogP contribution in [-0.4, -0.2) is 6.36 Å². The van der Waals surface area contributed by atoms with E-state index in [1.807, 2.05) is 6.07 Å². The average molecular weight is 424 g/mol. The van der Waals surface area contributed by atoms with Gasteiger partial charge in [-0.05, 0) is 72.9 Å². The molecule has 0 atom stereocenters. The zero-order valence-corrected chi connectivity index (χ0v) is 17.2. The molecule has 0 saturated heterocycles. The van der Waals surface area contributed by atoms with E-state index >= 15 is 0 Å². The van der Waals surface area contributed by atoms with Crippen LogP contribution in [0.4, 0.5) is 17.6 Å². The van der Waals surface area contributed by atoms with Gasteiger partial charge in [0.25, 0.3) is 0 Å². The molecule has 1 aliphatic carbocycles. The molecule has 0 spiro atoms. The molecular weight excluding hydrogens is 396 g/mol. The van der Waals surface area contributed by atoms with Crippen LogP contribution in [0.15, 0.2) is 42.5 Å². The third-order valence-electron chi connectivity index (χ3n) is 5.72. The van der Waals surface area contributed by atoms with Crippen molar-refractivity contribution in [2.24, 2.45) is 5.92 Å². The Morgan fingerprint density at radius 1 is 0.967 bits per heavy atom. The Morgan fingerprint density at radius 3 is 2.43 bits per heavy atom. The molecule has 0 amide bonds. The highest BCUT2D eigenvalue weighted by Crippen LogP contribution is 2.39. The van der Waals surface area contributed by atoms with Gasteiger partial charge in [0.05, 0.1) is 0 Å². The van der Waals surface area contributed by atoms with Gasteiger partial charge in [-0.1, -0.05) is 38.3 Å². The molecule has 0 N–H and O–H groups in total. The molecule has 2 aromatic rings. The first kappa shape index (κ1) is 22.4. The molecule has 2 aromatic carbocycles. The van der Waals surface area contributed by atoms with Crippen molar-refractivity contribution in [1.29, 1.82) is 0 Å². The summed E-state index contributed by atoms with van der Waals surface area (Å²) in [5.41, 5.74) is 1.45. The van der Waals surface area contributed by atoms with Gasteiger partial charge in [-0.25, -0.2) is 4.39 Å². The maximum absolute atomic E-state index is 14.2. The second kappa shape index (κ2) is 10.2. The van der Waals surface area contributed by atoms with Crippen LogP contribution in [0.25, 0.3) is 0 Å². The summed E-state index contributed by atoms with van der Waals surface area (Å²) in [7, 11) is 0. The van der Waals surface area contributed by atoms with Gasteiger partial charge in [-0.2, -0.15) is 0 Å². The lowest BCUT2D eigenvalue weighted by atomic mass is 9.77. The van der Waals surface area contributed by atoms with Gasteiger partial charge < -0.3 is 9.47 Å².